The maximum Gasteiger partial charge on any atom is 0.254 e. The van der Waals surface area contributed by atoms with Gasteiger partial charge < -0.3 is 15.2 Å². The molecule has 1 aliphatic rings. The van der Waals surface area contributed by atoms with Crippen molar-refractivity contribution in [3.8, 4) is 0 Å². The highest BCUT2D eigenvalue weighted by Crippen LogP contribution is 2.24. The standard InChI is InChI=1S/C20H26FN5O2S/c1-13-7-3-6-10-16(13)23-18(27)12-29-20-25-24-17(26(20)2)11-22-19(28)14-8-4-5-9-15(14)21/h4-5,8-9,13,16H,3,6-7,10-12H2,1-2H3,(H,22,28)(H,23,27)/t13-,16+/m1/s1. The van der Waals surface area contributed by atoms with E-state index in [0.717, 1.165) is 19.3 Å². The van der Waals surface area contributed by atoms with Crippen molar-refractivity contribution in [2.75, 3.05) is 5.75 Å². The fourth-order valence-electron chi connectivity index (χ4n) is 3.43. The molecular formula is C20H26FN5O2S. The van der Waals surface area contributed by atoms with Gasteiger partial charge in [-0.2, -0.15) is 0 Å². The van der Waals surface area contributed by atoms with E-state index in [1.807, 2.05) is 0 Å². The van der Waals surface area contributed by atoms with Crippen LogP contribution in [0, 0.1) is 11.7 Å². The van der Waals surface area contributed by atoms with E-state index < -0.39 is 11.7 Å². The quantitative estimate of drug-likeness (QED) is 0.674. The second-order valence-corrected chi connectivity index (χ2v) is 8.29. The summed E-state index contributed by atoms with van der Waals surface area (Å²) in [4.78, 5) is 24.4. The van der Waals surface area contributed by atoms with Crippen molar-refractivity contribution in [2.24, 2.45) is 13.0 Å². The maximum atomic E-state index is 13.7. The number of nitrogens with one attached hydrogen (secondary N) is 2. The Bertz CT molecular complexity index is 872. The summed E-state index contributed by atoms with van der Waals surface area (Å²) < 4.78 is 15.4. The first-order chi connectivity index (χ1) is 14.0. The summed E-state index contributed by atoms with van der Waals surface area (Å²) in [5.74, 6) is 0.206. The van der Waals surface area contributed by atoms with E-state index in [2.05, 4.69) is 27.8 Å². The first-order valence-corrected chi connectivity index (χ1v) is 10.8. The molecule has 0 spiro atoms. The molecule has 2 aromatic rings. The zero-order chi connectivity index (χ0) is 20.8. The number of aromatic nitrogens is 3. The van der Waals surface area contributed by atoms with E-state index in [1.165, 1.54) is 36.4 Å². The van der Waals surface area contributed by atoms with Crippen LogP contribution in [-0.2, 0) is 18.4 Å². The molecule has 1 heterocycles. The number of carbonyl (C=O) groups excluding carboxylic acids is 2. The third-order valence-corrected chi connectivity index (χ3v) is 6.26. The van der Waals surface area contributed by atoms with Crippen LogP contribution in [0.25, 0.3) is 0 Å². The Hall–Kier alpha value is -2.42. The number of hydrogen-bond donors (Lipinski definition) is 2. The molecule has 0 saturated heterocycles. The minimum Gasteiger partial charge on any atom is -0.352 e. The van der Waals surface area contributed by atoms with Crippen molar-refractivity contribution in [1.29, 1.82) is 0 Å². The van der Waals surface area contributed by atoms with E-state index in [-0.39, 0.29) is 29.8 Å². The van der Waals surface area contributed by atoms with E-state index in [9.17, 15) is 14.0 Å². The average Bonchev–Trinajstić information content (AvgIpc) is 3.06. The number of benzene rings is 1. The fraction of sp³-hybridized carbons (Fsp3) is 0.500. The van der Waals surface area contributed by atoms with Gasteiger partial charge in [0.25, 0.3) is 5.91 Å². The molecule has 2 N–H and O–H groups in total. The van der Waals surface area contributed by atoms with Crippen molar-refractivity contribution in [3.63, 3.8) is 0 Å². The van der Waals surface area contributed by atoms with Gasteiger partial charge in [0.1, 0.15) is 5.82 Å². The molecule has 0 radical (unpaired) electrons. The highest BCUT2D eigenvalue weighted by molar-refractivity contribution is 7.99. The molecule has 2 atom stereocenters. The number of halogens is 1. The van der Waals surface area contributed by atoms with Crippen molar-refractivity contribution in [1.82, 2.24) is 25.4 Å². The lowest BCUT2D eigenvalue weighted by Crippen LogP contribution is -2.41. The van der Waals surface area contributed by atoms with Gasteiger partial charge in [-0.1, -0.05) is 43.7 Å². The van der Waals surface area contributed by atoms with Crippen molar-refractivity contribution in [2.45, 2.75) is 50.4 Å². The lowest BCUT2D eigenvalue weighted by Gasteiger charge is -2.29. The SMILES string of the molecule is C[C@@H]1CCCC[C@@H]1NC(=O)CSc1nnc(CNC(=O)c2ccccc2F)n1C. The van der Waals surface area contributed by atoms with Crippen LogP contribution >= 0.6 is 11.8 Å². The molecule has 2 amide bonds. The van der Waals surface area contributed by atoms with Crippen LogP contribution in [-0.4, -0.2) is 38.4 Å². The van der Waals surface area contributed by atoms with Crippen LogP contribution in [0.4, 0.5) is 4.39 Å². The van der Waals surface area contributed by atoms with Crippen molar-refractivity contribution >= 4 is 23.6 Å². The summed E-state index contributed by atoms with van der Waals surface area (Å²) in [6, 6.07) is 6.05. The van der Waals surface area contributed by atoms with E-state index >= 15 is 0 Å². The Balaban J connectivity index is 1.49. The molecule has 1 aromatic carbocycles. The molecule has 1 saturated carbocycles. The number of rotatable bonds is 7. The molecule has 156 valence electrons. The van der Waals surface area contributed by atoms with Crippen LogP contribution in [0.3, 0.4) is 0 Å². The maximum absolute atomic E-state index is 13.7. The van der Waals surface area contributed by atoms with E-state index in [0.29, 0.717) is 16.9 Å². The van der Waals surface area contributed by atoms with Gasteiger partial charge in [-0.15, -0.1) is 10.2 Å². The predicted octanol–water partition coefficient (Wildman–Crippen LogP) is 2.67. The largest absolute Gasteiger partial charge is 0.352 e. The Labute approximate surface area is 173 Å². The van der Waals surface area contributed by atoms with Crippen LogP contribution in [0.5, 0.6) is 0 Å². The number of amides is 2. The van der Waals surface area contributed by atoms with Gasteiger partial charge in [0.05, 0.1) is 17.9 Å². The second kappa shape index (κ2) is 9.87. The summed E-state index contributed by atoms with van der Waals surface area (Å²) in [5, 5.41) is 14.5. The molecule has 1 fully saturated rings. The van der Waals surface area contributed by atoms with Crippen molar-refractivity contribution in [3.05, 3.63) is 41.5 Å². The highest BCUT2D eigenvalue weighted by Gasteiger charge is 2.23. The Morgan fingerprint density at radius 2 is 2.00 bits per heavy atom. The third kappa shape index (κ3) is 5.56. The van der Waals surface area contributed by atoms with Crippen LogP contribution in [0.1, 0.15) is 48.8 Å². The molecule has 0 unspecified atom stereocenters. The molecule has 7 nitrogen and oxygen atoms in total. The monoisotopic (exact) mass is 419 g/mol. The average molecular weight is 420 g/mol. The summed E-state index contributed by atoms with van der Waals surface area (Å²) >= 11 is 1.30. The van der Waals surface area contributed by atoms with Gasteiger partial charge in [0.2, 0.25) is 5.91 Å². The van der Waals surface area contributed by atoms with Gasteiger partial charge in [-0.3, -0.25) is 9.59 Å². The summed E-state index contributed by atoms with van der Waals surface area (Å²) in [7, 11) is 1.77. The Morgan fingerprint density at radius 1 is 1.24 bits per heavy atom. The molecule has 0 aliphatic heterocycles. The fourth-order valence-corrected chi connectivity index (χ4v) is 4.17. The number of thioether (sulfide) groups is 1. The van der Waals surface area contributed by atoms with Crippen LogP contribution in [0.15, 0.2) is 29.4 Å². The van der Waals surface area contributed by atoms with Crippen LogP contribution < -0.4 is 10.6 Å². The minimum atomic E-state index is -0.572. The molecule has 1 aliphatic carbocycles. The molecule has 1 aromatic heterocycles. The van der Waals surface area contributed by atoms with Gasteiger partial charge in [-0.25, -0.2) is 4.39 Å². The van der Waals surface area contributed by atoms with Gasteiger partial charge in [-0.05, 0) is 30.9 Å². The molecule has 9 heteroatoms. The first-order valence-electron chi connectivity index (χ1n) is 9.79. The normalized spacial score (nSPS) is 19.0. The number of nitrogens with zero attached hydrogens (tertiary/aromatic N) is 3. The van der Waals surface area contributed by atoms with Crippen LogP contribution in [0.2, 0.25) is 0 Å². The van der Waals surface area contributed by atoms with Gasteiger partial charge >= 0.3 is 0 Å². The molecule has 29 heavy (non-hydrogen) atoms. The minimum absolute atomic E-state index is 0.00819. The smallest absolute Gasteiger partial charge is 0.254 e. The summed E-state index contributed by atoms with van der Waals surface area (Å²) in [6.07, 6.45) is 4.59. The molecular weight excluding hydrogens is 393 g/mol. The highest BCUT2D eigenvalue weighted by atomic mass is 32.2. The van der Waals surface area contributed by atoms with Gasteiger partial charge in [0.15, 0.2) is 11.0 Å². The third-order valence-electron chi connectivity index (χ3n) is 5.24. The molecule has 3 rings (SSSR count). The zero-order valence-corrected chi connectivity index (χ0v) is 17.5. The van der Waals surface area contributed by atoms with Crippen molar-refractivity contribution < 1.29 is 14.0 Å². The van der Waals surface area contributed by atoms with E-state index in [1.54, 1.807) is 17.7 Å². The Kier molecular flexibility index (Phi) is 7.24. The second-order valence-electron chi connectivity index (χ2n) is 7.34. The lowest BCUT2D eigenvalue weighted by atomic mass is 9.86. The summed E-state index contributed by atoms with van der Waals surface area (Å²) in [6.45, 7) is 2.30. The lowest BCUT2D eigenvalue weighted by molar-refractivity contribution is -0.119. The topological polar surface area (TPSA) is 88.9 Å². The number of hydrogen-bond acceptors (Lipinski definition) is 5. The Morgan fingerprint density at radius 3 is 2.76 bits per heavy atom. The summed E-state index contributed by atoms with van der Waals surface area (Å²) in [5.41, 5.74) is -0.0159. The molecule has 0 bridgehead atoms. The van der Waals surface area contributed by atoms with Gasteiger partial charge in [0, 0.05) is 13.1 Å². The first kappa shape index (κ1) is 21.3. The number of carbonyl (C=O) groups is 2. The van der Waals surface area contributed by atoms with E-state index in [4.69, 9.17) is 0 Å². The predicted molar refractivity (Wildman–Crippen MR) is 109 cm³/mol. The zero-order valence-electron chi connectivity index (χ0n) is 16.7.